The third-order valence-corrected chi connectivity index (χ3v) is 4.59. The molecule has 0 N–H and O–H groups in total. The SMILES string of the molecule is CC(C)S(=O)(=O)CC(=O)Cc1ccccc1F. The maximum Gasteiger partial charge on any atom is 0.159 e. The lowest BCUT2D eigenvalue weighted by molar-refractivity contribution is -0.116. The average Bonchev–Trinajstić information content (AvgIpc) is 2.20. The van der Waals surface area contributed by atoms with Crippen molar-refractivity contribution in [3.05, 3.63) is 35.6 Å². The van der Waals surface area contributed by atoms with E-state index in [0.717, 1.165) is 0 Å². The fourth-order valence-corrected chi connectivity index (χ4v) is 2.18. The van der Waals surface area contributed by atoms with Gasteiger partial charge in [-0.05, 0) is 25.5 Å². The van der Waals surface area contributed by atoms with E-state index in [1.165, 1.54) is 32.0 Å². The molecule has 94 valence electrons. The molecule has 0 saturated heterocycles. The largest absolute Gasteiger partial charge is 0.298 e. The fraction of sp³-hybridized carbons (Fsp3) is 0.417. The Balaban J connectivity index is 2.72. The molecule has 5 heteroatoms. The van der Waals surface area contributed by atoms with Gasteiger partial charge < -0.3 is 0 Å². The van der Waals surface area contributed by atoms with E-state index in [9.17, 15) is 17.6 Å². The highest BCUT2D eigenvalue weighted by Gasteiger charge is 2.21. The van der Waals surface area contributed by atoms with Crippen molar-refractivity contribution in [2.24, 2.45) is 0 Å². The molecule has 0 fully saturated rings. The molecule has 0 amide bonds. The summed E-state index contributed by atoms with van der Waals surface area (Å²) in [6.45, 7) is 3.04. The zero-order valence-corrected chi connectivity index (χ0v) is 10.6. The number of carbonyl (C=O) groups is 1. The minimum absolute atomic E-state index is 0.182. The van der Waals surface area contributed by atoms with Gasteiger partial charge in [0.1, 0.15) is 11.6 Å². The standard InChI is InChI=1S/C12H15FO3S/c1-9(2)17(15,16)8-11(14)7-10-5-3-4-6-12(10)13/h3-6,9H,7-8H2,1-2H3. The molecule has 0 radical (unpaired) electrons. The molecule has 0 aromatic heterocycles. The van der Waals surface area contributed by atoms with E-state index in [2.05, 4.69) is 0 Å². The lowest BCUT2D eigenvalue weighted by Gasteiger charge is -2.07. The number of benzene rings is 1. The Hall–Kier alpha value is -1.23. The van der Waals surface area contributed by atoms with Crippen LogP contribution in [0.4, 0.5) is 4.39 Å². The molecule has 0 unspecified atom stereocenters. The monoisotopic (exact) mass is 258 g/mol. The van der Waals surface area contributed by atoms with Gasteiger partial charge in [0.25, 0.3) is 0 Å². The van der Waals surface area contributed by atoms with Crippen molar-refractivity contribution < 1.29 is 17.6 Å². The highest BCUT2D eigenvalue weighted by molar-refractivity contribution is 7.92. The molecule has 0 bridgehead atoms. The van der Waals surface area contributed by atoms with Gasteiger partial charge in [-0.25, -0.2) is 12.8 Å². The van der Waals surface area contributed by atoms with Crippen molar-refractivity contribution in [2.75, 3.05) is 5.75 Å². The van der Waals surface area contributed by atoms with Crippen LogP contribution < -0.4 is 0 Å². The lowest BCUT2D eigenvalue weighted by atomic mass is 10.1. The van der Waals surface area contributed by atoms with Gasteiger partial charge in [0.15, 0.2) is 15.6 Å². The van der Waals surface area contributed by atoms with Crippen molar-refractivity contribution in [1.29, 1.82) is 0 Å². The molecule has 1 aromatic carbocycles. The predicted octanol–water partition coefficient (Wildman–Crippen LogP) is 1.76. The number of Topliss-reactive ketones (excluding diaryl/α,β-unsaturated/α-hetero) is 1. The van der Waals surface area contributed by atoms with Crippen LogP contribution in [0.5, 0.6) is 0 Å². The molecule has 0 atom stereocenters. The van der Waals surface area contributed by atoms with E-state index < -0.39 is 32.4 Å². The number of carbonyl (C=O) groups excluding carboxylic acids is 1. The van der Waals surface area contributed by atoms with Gasteiger partial charge >= 0.3 is 0 Å². The molecule has 1 aromatic rings. The van der Waals surface area contributed by atoms with E-state index in [4.69, 9.17) is 0 Å². The fourth-order valence-electron chi connectivity index (χ4n) is 1.30. The zero-order valence-electron chi connectivity index (χ0n) is 9.81. The highest BCUT2D eigenvalue weighted by atomic mass is 32.2. The third-order valence-electron chi connectivity index (χ3n) is 2.43. The van der Waals surface area contributed by atoms with Gasteiger partial charge in [0.05, 0.1) is 5.25 Å². The third kappa shape index (κ3) is 3.93. The molecule has 17 heavy (non-hydrogen) atoms. The summed E-state index contributed by atoms with van der Waals surface area (Å²) < 4.78 is 36.2. The van der Waals surface area contributed by atoms with Crippen LogP contribution in [0.2, 0.25) is 0 Å². The van der Waals surface area contributed by atoms with E-state index in [0.29, 0.717) is 0 Å². The Labute approximate surface area is 101 Å². The number of halogens is 1. The van der Waals surface area contributed by atoms with E-state index in [-0.39, 0.29) is 12.0 Å². The van der Waals surface area contributed by atoms with Crippen molar-refractivity contribution in [3.63, 3.8) is 0 Å². The van der Waals surface area contributed by atoms with Crippen LogP contribution in [0.15, 0.2) is 24.3 Å². The van der Waals surface area contributed by atoms with Crippen LogP contribution in [-0.2, 0) is 21.1 Å². The lowest BCUT2D eigenvalue weighted by Crippen LogP contribution is -2.24. The second kappa shape index (κ2) is 5.40. The van der Waals surface area contributed by atoms with E-state index in [1.54, 1.807) is 6.07 Å². The number of sulfone groups is 1. The van der Waals surface area contributed by atoms with Crippen molar-refractivity contribution in [1.82, 2.24) is 0 Å². The zero-order chi connectivity index (χ0) is 13.1. The Morgan fingerprint density at radius 3 is 2.41 bits per heavy atom. The maximum atomic E-state index is 13.2. The molecule has 0 aliphatic carbocycles. The number of rotatable bonds is 5. The summed E-state index contributed by atoms with van der Waals surface area (Å²) in [6.07, 6.45) is -0.182. The second-order valence-corrected chi connectivity index (χ2v) is 6.72. The van der Waals surface area contributed by atoms with E-state index >= 15 is 0 Å². The summed E-state index contributed by atoms with van der Waals surface area (Å²) in [5.41, 5.74) is 0.233. The normalized spacial score (nSPS) is 11.8. The first kappa shape index (κ1) is 13.8. The Bertz CT molecular complexity index is 506. The first-order valence-corrected chi connectivity index (χ1v) is 7.01. The Morgan fingerprint density at radius 1 is 1.29 bits per heavy atom. The molecular weight excluding hydrogens is 243 g/mol. The summed E-state index contributed by atoms with van der Waals surface area (Å²) in [7, 11) is -3.40. The van der Waals surface area contributed by atoms with Crippen molar-refractivity contribution in [3.8, 4) is 0 Å². The smallest absolute Gasteiger partial charge is 0.159 e. The van der Waals surface area contributed by atoms with Gasteiger partial charge in [-0.2, -0.15) is 0 Å². The molecule has 0 heterocycles. The van der Waals surface area contributed by atoms with Crippen LogP contribution in [0, 0.1) is 5.82 Å². The van der Waals surface area contributed by atoms with Gasteiger partial charge in [-0.15, -0.1) is 0 Å². The van der Waals surface area contributed by atoms with Gasteiger partial charge in [0, 0.05) is 6.42 Å². The molecule has 1 rings (SSSR count). The second-order valence-electron chi connectivity index (χ2n) is 4.16. The molecule has 0 aliphatic rings. The molecular formula is C12H15FO3S. The van der Waals surface area contributed by atoms with Crippen LogP contribution >= 0.6 is 0 Å². The number of hydrogen-bond acceptors (Lipinski definition) is 3. The van der Waals surface area contributed by atoms with Gasteiger partial charge in [-0.3, -0.25) is 4.79 Å². The number of hydrogen-bond donors (Lipinski definition) is 0. The molecule has 0 aliphatic heterocycles. The van der Waals surface area contributed by atoms with Crippen LogP contribution in [0.25, 0.3) is 0 Å². The number of ketones is 1. The molecule has 0 spiro atoms. The predicted molar refractivity (Wildman–Crippen MR) is 64.0 cm³/mol. The van der Waals surface area contributed by atoms with Crippen LogP contribution in [0.1, 0.15) is 19.4 Å². The summed E-state index contributed by atoms with van der Waals surface area (Å²) in [5, 5.41) is -0.591. The van der Waals surface area contributed by atoms with Crippen LogP contribution in [0.3, 0.4) is 0 Å². The van der Waals surface area contributed by atoms with Crippen molar-refractivity contribution in [2.45, 2.75) is 25.5 Å². The quantitative estimate of drug-likeness (QED) is 0.808. The highest BCUT2D eigenvalue weighted by Crippen LogP contribution is 2.09. The maximum absolute atomic E-state index is 13.2. The molecule has 0 saturated carbocycles. The Kier molecular flexibility index (Phi) is 4.40. The van der Waals surface area contributed by atoms with E-state index in [1.807, 2.05) is 0 Å². The van der Waals surface area contributed by atoms with Crippen LogP contribution in [-0.4, -0.2) is 25.2 Å². The van der Waals surface area contributed by atoms with Crippen molar-refractivity contribution >= 4 is 15.6 Å². The summed E-state index contributed by atoms with van der Waals surface area (Å²) in [4.78, 5) is 11.5. The van der Waals surface area contributed by atoms with Gasteiger partial charge in [-0.1, -0.05) is 18.2 Å². The summed E-state index contributed by atoms with van der Waals surface area (Å²) >= 11 is 0. The topological polar surface area (TPSA) is 51.2 Å². The minimum atomic E-state index is -3.40. The first-order valence-electron chi connectivity index (χ1n) is 5.29. The Morgan fingerprint density at radius 2 is 1.88 bits per heavy atom. The molecule has 3 nitrogen and oxygen atoms in total. The summed E-state index contributed by atoms with van der Waals surface area (Å²) in [5.74, 6) is -1.49. The minimum Gasteiger partial charge on any atom is -0.298 e. The average molecular weight is 258 g/mol. The first-order chi connectivity index (χ1) is 7.83. The summed E-state index contributed by atoms with van der Waals surface area (Å²) in [6, 6.07) is 5.87. The van der Waals surface area contributed by atoms with Gasteiger partial charge in [0.2, 0.25) is 0 Å².